The Morgan fingerprint density at radius 3 is 2.33 bits per heavy atom. The van der Waals surface area contributed by atoms with E-state index in [-0.39, 0.29) is 5.91 Å². The average Bonchev–Trinajstić information content (AvgIpc) is 2.32. The van der Waals surface area contributed by atoms with Crippen LogP contribution in [0, 0.1) is 0 Å². The SMILES string of the molecule is CCCCCN(CCC(C)(NC)C(N)=O)C(C)C. The van der Waals surface area contributed by atoms with Gasteiger partial charge >= 0.3 is 0 Å². The summed E-state index contributed by atoms with van der Waals surface area (Å²) < 4.78 is 0. The van der Waals surface area contributed by atoms with Gasteiger partial charge in [-0.15, -0.1) is 0 Å². The Kier molecular flexibility index (Phi) is 8.20. The van der Waals surface area contributed by atoms with Crippen molar-refractivity contribution in [1.29, 1.82) is 0 Å². The van der Waals surface area contributed by atoms with Crippen LogP contribution in [0.3, 0.4) is 0 Å². The number of nitrogens with two attached hydrogens (primary N) is 1. The Bertz CT molecular complexity index is 243. The zero-order valence-electron chi connectivity index (χ0n) is 12.8. The van der Waals surface area contributed by atoms with E-state index >= 15 is 0 Å². The van der Waals surface area contributed by atoms with Crippen molar-refractivity contribution in [2.75, 3.05) is 20.1 Å². The first-order valence-electron chi connectivity index (χ1n) is 7.10. The molecule has 0 fully saturated rings. The van der Waals surface area contributed by atoms with Crippen LogP contribution in [0.4, 0.5) is 0 Å². The monoisotopic (exact) mass is 257 g/mol. The number of carbonyl (C=O) groups is 1. The molecule has 1 atom stereocenters. The summed E-state index contributed by atoms with van der Waals surface area (Å²) in [7, 11) is 1.79. The largest absolute Gasteiger partial charge is 0.368 e. The lowest BCUT2D eigenvalue weighted by Crippen LogP contribution is -2.53. The number of likely N-dealkylation sites (N-methyl/N-ethyl adjacent to an activating group) is 1. The van der Waals surface area contributed by atoms with Crippen molar-refractivity contribution in [3.63, 3.8) is 0 Å². The summed E-state index contributed by atoms with van der Waals surface area (Å²) in [6.45, 7) is 10.5. The second kappa shape index (κ2) is 8.48. The van der Waals surface area contributed by atoms with Gasteiger partial charge in [0, 0.05) is 12.6 Å². The van der Waals surface area contributed by atoms with Crippen LogP contribution in [0.25, 0.3) is 0 Å². The number of carbonyl (C=O) groups excluding carboxylic acids is 1. The standard InChI is InChI=1S/C14H31N3O/c1-6-7-8-10-17(12(2)3)11-9-14(4,16-5)13(15)18/h12,16H,6-11H2,1-5H3,(H2,15,18). The highest BCUT2D eigenvalue weighted by atomic mass is 16.1. The number of nitrogens with zero attached hydrogens (tertiary/aromatic N) is 1. The number of amides is 1. The number of rotatable bonds is 10. The number of unbranched alkanes of at least 4 members (excludes halogenated alkanes) is 2. The van der Waals surface area contributed by atoms with Crippen molar-refractivity contribution in [2.45, 2.75) is 65.0 Å². The summed E-state index contributed by atoms with van der Waals surface area (Å²) in [5, 5.41) is 3.04. The van der Waals surface area contributed by atoms with Crippen LogP contribution in [0.2, 0.25) is 0 Å². The average molecular weight is 257 g/mol. The minimum atomic E-state index is -0.599. The normalized spacial score (nSPS) is 15.1. The topological polar surface area (TPSA) is 58.4 Å². The second-order valence-corrected chi connectivity index (χ2v) is 5.53. The lowest BCUT2D eigenvalue weighted by Gasteiger charge is -2.32. The van der Waals surface area contributed by atoms with Crippen molar-refractivity contribution in [3.8, 4) is 0 Å². The molecule has 0 rings (SSSR count). The van der Waals surface area contributed by atoms with E-state index in [2.05, 4.69) is 31.0 Å². The fourth-order valence-electron chi connectivity index (χ4n) is 1.93. The second-order valence-electron chi connectivity index (χ2n) is 5.53. The first-order valence-corrected chi connectivity index (χ1v) is 7.10. The third-order valence-electron chi connectivity index (χ3n) is 3.77. The third-order valence-corrected chi connectivity index (χ3v) is 3.77. The number of nitrogens with one attached hydrogen (secondary N) is 1. The van der Waals surface area contributed by atoms with Gasteiger partial charge in [-0.1, -0.05) is 19.8 Å². The molecular weight excluding hydrogens is 226 g/mol. The van der Waals surface area contributed by atoms with Crippen LogP contribution in [0.15, 0.2) is 0 Å². The number of hydrogen-bond donors (Lipinski definition) is 2. The van der Waals surface area contributed by atoms with Gasteiger partial charge in [-0.2, -0.15) is 0 Å². The molecule has 0 aromatic rings. The summed E-state index contributed by atoms with van der Waals surface area (Å²) in [4.78, 5) is 13.9. The summed E-state index contributed by atoms with van der Waals surface area (Å²) in [5.41, 5.74) is 4.85. The van der Waals surface area contributed by atoms with Crippen LogP contribution < -0.4 is 11.1 Å². The van der Waals surface area contributed by atoms with Crippen LogP contribution in [0.5, 0.6) is 0 Å². The highest BCUT2D eigenvalue weighted by Crippen LogP contribution is 2.12. The van der Waals surface area contributed by atoms with E-state index in [9.17, 15) is 4.79 Å². The Morgan fingerprint density at radius 1 is 1.33 bits per heavy atom. The quantitative estimate of drug-likeness (QED) is 0.586. The summed E-state index contributed by atoms with van der Waals surface area (Å²) in [5.74, 6) is -0.276. The maximum absolute atomic E-state index is 11.4. The molecule has 0 aliphatic heterocycles. The molecule has 4 nitrogen and oxygen atoms in total. The Hall–Kier alpha value is -0.610. The first-order chi connectivity index (χ1) is 8.37. The predicted octanol–water partition coefficient (Wildman–Crippen LogP) is 1.74. The van der Waals surface area contributed by atoms with Crippen molar-refractivity contribution < 1.29 is 4.79 Å². The fraction of sp³-hybridized carbons (Fsp3) is 0.929. The molecule has 108 valence electrons. The molecule has 0 aliphatic carbocycles. The lowest BCUT2D eigenvalue weighted by atomic mass is 9.96. The maximum Gasteiger partial charge on any atom is 0.237 e. The molecule has 0 saturated carbocycles. The smallest absolute Gasteiger partial charge is 0.237 e. The van der Waals surface area contributed by atoms with Gasteiger partial charge in [0.15, 0.2) is 0 Å². The minimum absolute atomic E-state index is 0.276. The number of primary amides is 1. The molecule has 0 radical (unpaired) electrons. The minimum Gasteiger partial charge on any atom is -0.368 e. The van der Waals surface area contributed by atoms with E-state index < -0.39 is 5.54 Å². The van der Waals surface area contributed by atoms with E-state index in [4.69, 9.17) is 5.73 Å². The molecule has 0 aliphatic rings. The summed E-state index contributed by atoms with van der Waals surface area (Å²) in [6, 6.07) is 0.510. The first kappa shape index (κ1) is 17.4. The van der Waals surface area contributed by atoms with Gasteiger partial charge in [-0.25, -0.2) is 0 Å². The van der Waals surface area contributed by atoms with Gasteiger partial charge in [0.1, 0.15) is 0 Å². The molecule has 18 heavy (non-hydrogen) atoms. The molecule has 0 aromatic heterocycles. The molecule has 1 amide bonds. The molecule has 0 spiro atoms. The van der Waals surface area contributed by atoms with Crippen molar-refractivity contribution in [1.82, 2.24) is 10.2 Å². The van der Waals surface area contributed by atoms with Crippen LogP contribution in [0.1, 0.15) is 53.4 Å². The van der Waals surface area contributed by atoms with E-state index in [1.165, 1.54) is 19.3 Å². The maximum atomic E-state index is 11.4. The highest BCUT2D eigenvalue weighted by molar-refractivity contribution is 5.84. The zero-order valence-corrected chi connectivity index (χ0v) is 12.8. The van der Waals surface area contributed by atoms with Crippen molar-refractivity contribution in [2.24, 2.45) is 5.73 Å². The Balaban J connectivity index is 4.29. The van der Waals surface area contributed by atoms with Gasteiger partial charge < -0.3 is 16.0 Å². The molecule has 1 unspecified atom stereocenters. The Morgan fingerprint density at radius 2 is 1.94 bits per heavy atom. The third kappa shape index (κ3) is 5.83. The summed E-state index contributed by atoms with van der Waals surface area (Å²) in [6.07, 6.45) is 4.48. The van der Waals surface area contributed by atoms with Gasteiger partial charge in [0.25, 0.3) is 0 Å². The number of hydrogen-bond acceptors (Lipinski definition) is 3. The van der Waals surface area contributed by atoms with E-state index in [0.717, 1.165) is 19.5 Å². The lowest BCUT2D eigenvalue weighted by molar-refractivity contribution is -0.124. The van der Waals surface area contributed by atoms with E-state index in [1.807, 2.05) is 6.92 Å². The molecule has 0 saturated heterocycles. The zero-order chi connectivity index (χ0) is 14.2. The van der Waals surface area contributed by atoms with Gasteiger partial charge in [0.05, 0.1) is 5.54 Å². The van der Waals surface area contributed by atoms with Crippen LogP contribution in [-0.4, -0.2) is 42.5 Å². The van der Waals surface area contributed by atoms with Crippen molar-refractivity contribution in [3.05, 3.63) is 0 Å². The van der Waals surface area contributed by atoms with E-state index in [0.29, 0.717) is 6.04 Å². The predicted molar refractivity (Wildman–Crippen MR) is 77.5 cm³/mol. The molecule has 0 aromatic carbocycles. The molecule has 3 N–H and O–H groups in total. The Labute approximate surface area is 112 Å². The van der Waals surface area contributed by atoms with Gasteiger partial charge in [0.2, 0.25) is 5.91 Å². The van der Waals surface area contributed by atoms with Crippen LogP contribution in [-0.2, 0) is 4.79 Å². The molecular formula is C14H31N3O. The van der Waals surface area contributed by atoms with Crippen molar-refractivity contribution >= 4 is 5.91 Å². The highest BCUT2D eigenvalue weighted by Gasteiger charge is 2.29. The molecule has 0 bridgehead atoms. The molecule has 0 heterocycles. The molecule has 4 heteroatoms. The van der Waals surface area contributed by atoms with Gasteiger partial charge in [-0.05, 0) is 47.2 Å². The summed E-state index contributed by atoms with van der Waals surface area (Å²) >= 11 is 0. The van der Waals surface area contributed by atoms with Crippen LogP contribution >= 0.6 is 0 Å². The van der Waals surface area contributed by atoms with Gasteiger partial charge in [-0.3, -0.25) is 4.79 Å². The fourth-order valence-corrected chi connectivity index (χ4v) is 1.93. The van der Waals surface area contributed by atoms with E-state index in [1.54, 1.807) is 7.05 Å².